The molecule has 0 amide bonds. The lowest BCUT2D eigenvalue weighted by Crippen LogP contribution is -2.45. The average molecular weight is 465 g/mol. The van der Waals surface area contributed by atoms with Gasteiger partial charge in [0, 0.05) is 45.0 Å². The maximum atomic E-state index is 13.7. The second-order valence-corrected chi connectivity index (χ2v) is 7.74. The molecule has 4 rings (SSSR count). The van der Waals surface area contributed by atoms with E-state index in [9.17, 15) is 17.6 Å². The molecule has 1 fully saturated rings. The lowest BCUT2D eigenvalue weighted by Gasteiger charge is -2.32. The molecule has 3 heterocycles. The fourth-order valence-electron chi connectivity index (χ4n) is 3.35. The molecule has 0 aliphatic carbocycles. The minimum atomic E-state index is -1.50. The molecule has 0 atom stereocenters. The van der Waals surface area contributed by atoms with Crippen LogP contribution in [0.3, 0.4) is 0 Å². The standard InChI is InChI=1S/C21H23F4N7O/c1-30-2-4-31(5-3-30)6-7-32-12-14(9-28-32)29-21-26-10-15(11-27-21)33-13-16-19(24)17(22)8-18(23)20(16)25/h8-12H,2-7,13H2,1H3,(H,26,27,29). The van der Waals surface area contributed by atoms with Gasteiger partial charge in [0.15, 0.2) is 29.0 Å². The molecule has 2 aromatic heterocycles. The molecule has 176 valence electrons. The minimum Gasteiger partial charge on any atom is -0.485 e. The van der Waals surface area contributed by atoms with Gasteiger partial charge in [0.25, 0.3) is 0 Å². The van der Waals surface area contributed by atoms with Crippen LogP contribution in [0.4, 0.5) is 29.2 Å². The number of nitrogens with zero attached hydrogens (tertiary/aromatic N) is 6. The van der Waals surface area contributed by atoms with Gasteiger partial charge in [0.2, 0.25) is 5.95 Å². The Balaban J connectivity index is 1.29. The SMILES string of the molecule is CN1CCN(CCn2cc(Nc3ncc(OCc4c(F)c(F)cc(F)c4F)cn3)cn2)CC1. The Morgan fingerprint density at radius 2 is 1.61 bits per heavy atom. The van der Waals surface area contributed by atoms with Crippen LogP contribution in [0.15, 0.2) is 30.9 Å². The van der Waals surface area contributed by atoms with Crippen LogP contribution < -0.4 is 10.1 Å². The van der Waals surface area contributed by atoms with Crippen molar-refractivity contribution in [1.29, 1.82) is 0 Å². The molecule has 0 bridgehead atoms. The molecule has 0 radical (unpaired) electrons. The number of halogens is 4. The fraction of sp³-hybridized carbons (Fsp3) is 0.381. The minimum absolute atomic E-state index is 0.0758. The van der Waals surface area contributed by atoms with Gasteiger partial charge in [-0.2, -0.15) is 5.10 Å². The smallest absolute Gasteiger partial charge is 0.227 e. The second-order valence-electron chi connectivity index (χ2n) is 7.74. The van der Waals surface area contributed by atoms with Crippen molar-refractivity contribution in [3.05, 3.63) is 59.7 Å². The van der Waals surface area contributed by atoms with Crippen molar-refractivity contribution in [1.82, 2.24) is 29.5 Å². The number of piperazine rings is 1. The van der Waals surface area contributed by atoms with Crippen molar-refractivity contribution in [3.63, 3.8) is 0 Å². The Bertz CT molecular complexity index is 1060. The highest BCUT2D eigenvalue weighted by molar-refractivity contribution is 5.50. The first kappa shape index (κ1) is 22.9. The van der Waals surface area contributed by atoms with Crippen LogP contribution in [-0.4, -0.2) is 69.3 Å². The van der Waals surface area contributed by atoms with E-state index in [4.69, 9.17) is 4.74 Å². The van der Waals surface area contributed by atoms with Gasteiger partial charge in [0.1, 0.15) is 6.61 Å². The lowest BCUT2D eigenvalue weighted by molar-refractivity contribution is 0.149. The average Bonchev–Trinajstić information content (AvgIpc) is 3.26. The Kier molecular flexibility index (Phi) is 7.04. The third-order valence-electron chi connectivity index (χ3n) is 5.34. The predicted octanol–water partition coefficient (Wildman–Crippen LogP) is 2.80. The molecule has 1 saturated heterocycles. The van der Waals surface area contributed by atoms with E-state index in [-0.39, 0.29) is 17.8 Å². The van der Waals surface area contributed by atoms with Crippen molar-refractivity contribution in [2.45, 2.75) is 13.2 Å². The van der Waals surface area contributed by atoms with Gasteiger partial charge < -0.3 is 15.0 Å². The molecule has 1 aliphatic heterocycles. The van der Waals surface area contributed by atoms with Crippen LogP contribution in [-0.2, 0) is 13.2 Å². The first-order valence-electron chi connectivity index (χ1n) is 10.4. The summed E-state index contributed by atoms with van der Waals surface area (Å²) in [7, 11) is 2.12. The predicted molar refractivity (Wildman–Crippen MR) is 112 cm³/mol. The summed E-state index contributed by atoms with van der Waals surface area (Å²) in [5, 5.41) is 7.33. The summed E-state index contributed by atoms with van der Waals surface area (Å²) < 4.78 is 61.0. The van der Waals surface area contributed by atoms with E-state index < -0.39 is 35.4 Å². The van der Waals surface area contributed by atoms with Gasteiger partial charge >= 0.3 is 0 Å². The number of likely N-dealkylation sites (N-methyl/N-ethyl adjacent to an activating group) is 1. The molecule has 8 nitrogen and oxygen atoms in total. The van der Waals surface area contributed by atoms with Crippen LogP contribution in [0.1, 0.15) is 5.56 Å². The molecule has 0 unspecified atom stereocenters. The summed E-state index contributed by atoms with van der Waals surface area (Å²) >= 11 is 0. The highest BCUT2D eigenvalue weighted by atomic mass is 19.2. The molecular formula is C21H23F4N7O. The summed E-state index contributed by atoms with van der Waals surface area (Å²) in [6, 6.07) is 0.145. The Hall–Kier alpha value is -3.25. The summed E-state index contributed by atoms with van der Waals surface area (Å²) in [6.45, 7) is 5.15. The normalized spacial score (nSPS) is 15.1. The van der Waals surface area contributed by atoms with Gasteiger partial charge in [0.05, 0.1) is 36.4 Å². The summed E-state index contributed by atoms with van der Waals surface area (Å²) in [5.41, 5.74) is -0.153. The van der Waals surface area contributed by atoms with Crippen molar-refractivity contribution in [3.8, 4) is 5.75 Å². The van der Waals surface area contributed by atoms with E-state index in [1.165, 1.54) is 12.4 Å². The Labute approximate surface area is 187 Å². The second kappa shape index (κ2) is 10.1. The van der Waals surface area contributed by atoms with Crippen LogP contribution in [0.2, 0.25) is 0 Å². The van der Waals surface area contributed by atoms with Crippen molar-refractivity contribution in [2.75, 3.05) is 45.1 Å². The maximum absolute atomic E-state index is 13.7. The monoisotopic (exact) mass is 465 g/mol. The van der Waals surface area contributed by atoms with E-state index in [1.54, 1.807) is 6.20 Å². The third kappa shape index (κ3) is 5.76. The number of aromatic nitrogens is 4. The van der Waals surface area contributed by atoms with Gasteiger partial charge in [-0.3, -0.25) is 9.58 Å². The van der Waals surface area contributed by atoms with E-state index in [0.717, 1.165) is 39.3 Å². The van der Waals surface area contributed by atoms with Crippen LogP contribution in [0.25, 0.3) is 0 Å². The van der Waals surface area contributed by atoms with E-state index in [2.05, 4.69) is 37.2 Å². The Morgan fingerprint density at radius 1 is 0.939 bits per heavy atom. The zero-order chi connectivity index (χ0) is 23.4. The van der Waals surface area contributed by atoms with Crippen molar-refractivity contribution < 1.29 is 22.3 Å². The number of anilines is 2. The molecule has 0 saturated carbocycles. The fourth-order valence-corrected chi connectivity index (χ4v) is 3.35. The van der Waals surface area contributed by atoms with E-state index >= 15 is 0 Å². The molecule has 33 heavy (non-hydrogen) atoms. The first-order chi connectivity index (χ1) is 15.9. The molecule has 1 aliphatic rings. The van der Waals surface area contributed by atoms with Crippen LogP contribution in [0.5, 0.6) is 5.75 Å². The topological polar surface area (TPSA) is 71.3 Å². The highest BCUT2D eigenvalue weighted by Gasteiger charge is 2.19. The van der Waals surface area contributed by atoms with Crippen molar-refractivity contribution >= 4 is 11.6 Å². The third-order valence-corrected chi connectivity index (χ3v) is 5.34. The highest BCUT2D eigenvalue weighted by Crippen LogP contribution is 2.21. The van der Waals surface area contributed by atoms with E-state index in [1.807, 2.05) is 10.9 Å². The first-order valence-corrected chi connectivity index (χ1v) is 10.4. The number of ether oxygens (including phenoxy) is 1. The molecule has 3 aromatic rings. The molecular weight excluding hydrogens is 442 g/mol. The Morgan fingerprint density at radius 3 is 2.27 bits per heavy atom. The molecule has 0 spiro atoms. The van der Waals surface area contributed by atoms with E-state index in [0.29, 0.717) is 5.69 Å². The summed E-state index contributed by atoms with van der Waals surface area (Å²) in [6.07, 6.45) is 6.05. The molecule has 1 N–H and O–H groups in total. The van der Waals surface area contributed by atoms with Gasteiger partial charge in [-0.1, -0.05) is 0 Å². The quantitative estimate of drug-likeness (QED) is 0.405. The van der Waals surface area contributed by atoms with Gasteiger partial charge in [-0.15, -0.1) is 0 Å². The van der Waals surface area contributed by atoms with Gasteiger partial charge in [-0.25, -0.2) is 27.5 Å². The summed E-state index contributed by atoms with van der Waals surface area (Å²) in [4.78, 5) is 12.8. The number of nitrogens with one attached hydrogen (secondary N) is 1. The molecule has 1 aromatic carbocycles. The largest absolute Gasteiger partial charge is 0.485 e. The number of benzene rings is 1. The zero-order valence-corrected chi connectivity index (χ0v) is 17.9. The van der Waals surface area contributed by atoms with Gasteiger partial charge in [-0.05, 0) is 7.05 Å². The zero-order valence-electron chi connectivity index (χ0n) is 17.9. The lowest BCUT2D eigenvalue weighted by atomic mass is 10.2. The number of rotatable bonds is 8. The maximum Gasteiger partial charge on any atom is 0.227 e. The molecule has 12 heteroatoms. The van der Waals surface area contributed by atoms with Crippen LogP contribution in [0, 0.1) is 23.3 Å². The number of hydrogen-bond acceptors (Lipinski definition) is 7. The van der Waals surface area contributed by atoms with Crippen molar-refractivity contribution in [2.24, 2.45) is 0 Å². The van der Waals surface area contributed by atoms with Crippen LogP contribution >= 0.6 is 0 Å². The number of hydrogen-bond donors (Lipinski definition) is 1. The summed E-state index contributed by atoms with van der Waals surface area (Å²) in [5.74, 6) is -5.66.